The van der Waals surface area contributed by atoms with Gasteiger partial charge in [0.25, 0.3) is 0 Å². The maximum Gasteiger partial charge on any atom is 0.0234 e. The van der Waals surface area contributed by atoms with Gasteiger partial charge in [-0.15, -0.1) is 0 Å². The Balaban J connectivity index is 1.72. The van der Waals surface area contributed by atoms with Gasteiger partial charge in [-0.05, 0) is 23.5 Å². The molecule has 1 aliphatic heterocycles. The van der Waals surface area contributed by atoms with Crippen molar-refractivity contribution < 1.29 is 0 Å². The minimum Gasteiger partial charge on any atom is -0.298 e. The molecule has 1 heteroatoms. The third-order valence-electron chi connectivity index (χ3n) is 4.65. The van der Waals surface area contributed by atoms with Crippen molar-refractivity contribution in [3.63, 3.8) is 0 Å². The van der Waals surface area contributed by atoms with Crippen molar-refractivity contribution in [1.82, 2.24) is 4.90 Å². The van der Waals surface area contributed by atoms with Crippen LogP contribution in [-0.2, 0) is 6.54 Å². The van der Waals surface area contributed by atoms with Gasteiger partial charge >= 0.3 is 0 Å². The highest BCUT2D eigenvalue weighted by Crippen LogP contribution is 2.35. The molecule has 1 aliphatic rings. The minimum absolute atomic E-state index is 0.704. The van der Waals surface area contributed by atoms with E-state index in [0.717, 1.165) is 12.5 Å². The smallest absolute Gasteiger partial charge is 0.0234 e. The van der Waals surface area contributed by atoms with Crippen molar-refractivity contribution in [2.75, 3.05) is 13.1 Å². The molecule has 2 aromatic carbocycles. The molecule has 2 unspecified atom stereocenters. The average Bonchev–Trinajstić information content (AvgIpc) is 2.92. The molecule has 110 valence electrons. The lowest BCUT2D eigenvalue weighted by atomic mass is 9.86. The van der Waals surface area contributed by atoms with Gasteiger partial charge < -0.3 is 0 Å². The SMILES string of the molecule is CCCC1CN(Cc2ccccc2)CC1c1ccccc1. The van der Waals surface area contributed by atoms with E-state index in [1.54, 1.807) is 0 Å². The van der Waals surface area contributed by atoms with Crippen LogP contribution in [0.15, 0.2) is 60.7 Å². The summed E-state index contributed by atoms with van der Waals surface area (Å²) in [6.45, 7) is 5.83. The van der Waals surface area contributed by atoms with Gasteiger partial charge in [0.05, 0.1) is 0 Å². The van der Waals surface area contributed by atoms with Crippen LogP contribution in [0.3, 0.4) is 0 Å². The summed E-state index contributed by atoms with van der Waals surface area (Å²) in [6, 6.07) is 22.0. The van der Waals surface area contributed by atoms with Crippen molar-refractivity contribution in [3.05, 3.63) is 71.8 Å². The quantitative estimate of drug-likeness (QED) is 0.766. The Morgan fingerprint density at radius 1 is 0.905 bits per heavy atom. The van der Waals surface area contributed by atoms with E-state index < -0.39 is 0 Å². The van der Waals surface area contributed by atoms with Crippen LogP contribution in [0.5, 0.6) is 0 Å². The first-order valence-electron chi connectivity index (χ1n) is 8.18. The van der Waals surface area contributed by atoms with E-state index in [9.17, 15) is 0 Å². The summed E-state index contributed by atoms with van der Waals surface area (Å²) in [5.41, 5.74) is 2.95. The van der Waals surface area contributed by atoms with Crippen LogP contribution in [-0.4, -0.2) is 18.0 Å². The first kappa shape index (κ1) is 14.3. The summed E-state index contributed by atoms with van der Waals surface area (Å²) in [5.74, 6) is 1.51. The number of nitrogens with zero attached hydrogens (tertiary/aromatic N) is 1. The second kappa shape index (κ2) is 6.91. The molecule has 0 spiro atoms. The van der Waals surface area contributed by atoms with Gasteiger partial charge in [0, 0.05) is 25.6 Å². The molecule has 1 fully saturated rings. The zero-order valence-electron chi connectivity index (χ0n) is 12.9. The Morgan fingerprint density at radius 3 is 2.24 bits per heavy atom. The molecule has 0 aliphatic carbocycles. The number of hydrogen-bond acceptors (Lipinski definition) is 1. The van der Waals surface area contributed by atoms with Crippen LogP contribution in [0.4, 0.5) is 0 Å². The summed E-state index contributed by atoms with van der Waals surface area (Å²) < 4.78 is 0. The van der Waals surface area contributed by atoms with Crippen LogP contribution in [0, 0.1) is 5.92 Å². The van der Waals surface area contributed by atoms with Gasteiger partial charge in [0.2, 0.25) is 0 Å². The maximum absolute atomic E-state index is 2.63. The molecular weight excluding hydrogens is 254 g/mol. The van der Waals surface area contributed by atoms with E-state index in [4.69, 9.17) is 0 Å². The molecule has 1 heterocycles. The monoisotopic (exact) mass is 279 g/mol. The van der Waals surface area contributed by atoms with Crippen LogP contribution in [0.2, 0.25) is 0 Å². The van der Waals surface area contributed by atoms with Gasteiger partial charge in [-0.25, -0.2) is 0 Å². The number of hydrogen-bond donors (Lipinski definition) is 0. The lowest BCUT2D eigenvalue weighted by Crippen LogP contribution is -2.20. The van der Waals surface area contributed by atoms with Gasteiger partial charge in [0.1, 0.15) is 0 Å². The highest BCUT2D eigenvalue weighted by atomic mass is 15.2. The summed E-state index contributed by atoms with van der Waals surface area (Å²) in [4.78, 5) is 2.63. The van der Waals surface area contributed by atoms with Crippen molar-refractivity contribution in [1.29, 1.82) is 0 Å². The number of rotatable bonds is 5. The van der Waals surface area contributed by atoms with Crippen LogP contribution >= 0.6 is 0 Å². The topological polar surface area (TPSA) is 3.24 Å². The van der Waals surface area contributed by atoms with Gasteiger partial charge in [-0.3, -0.25) is 4.90 Å². The Kier molecular flexibility index (Phi) is 4.72. The normalized spacial score (nSPS) is 22.5. The molecule has 21 heavy (non-hydrogen) atoms. The molecule has 2 aromatic rings. The van der Waals surface area contributed by atoms with Crippen LogP contribution in [0.1, 0.15) is 36.8 Å². The molecule has 0 aromatic heterocycles. The van der Waals surface area contributed by atoms with E-state index in [0.29, 0.717) is 5.92 Å². The fourth-order valence-electron chi connectivity index (χ4n) is 3.67. The summed E-state index contributed by atoms with van der Waals surface area (Å²) >= 11 is 0. The van der Waals surface area contributed by atoms with E-state index in [1.165, 1.54) is 37.1 Å². The van der Waals surface area contributed by atoms with Crippen LogP contribution in [0.25, 0.3) is 0 Å². The molecule has 2 atom stereocenters. The fourth-order valence-corrected chi connectivity index (χ4v) is 3.67. The molecule has 0 radical (unpaired) electrons. The molecule has 0 N–H and O–H groups in total. The molecule has 1 nitrogen and oxygen atoms in total. The first-order chi connectivity index (χ1) is 10.4. The lowest BCUT2D eigenvalue weighted by Gasteiger charge is -2.17. The summed E-state index contributed by atoms with van der Waals surface area (Å²) in [5, 5.41) is 0. The first-order valence-corrected chi connectivity index (χ1v) is 8.18. The Morgan fingerprint density at radius 2 is 1.57 bits per heavy atom. The standard InChI is InChI=1S/C20H25N/c1-2-9-19-15-21(14-17-10-5-3-6-11-17)16-20(19)18-12-7-4-8-13-18/h3-8,10-13,19-20H,2,9,14-16H2,1H3. The van der Waals surface area contributed by atoms with Crippen molar-refractivity contribution in [2.45, 2.75) is 32.2 Å². The average molecular weight is 279 g/mol. The second-order valence-electron chi connectivity index (χ2n) is 6.25. The Bertz CT molecular complexity index is 534. The fraction of sp³-hybridized carbons (Fsp3) is 0.400. The minimum atomic E-state index is 0.704. The zero-order valence-corrected chi connectivity index (χ0v) is 12.9. The van der Waals surface area contributed by atoms with E-state index in [2.05, 4.69) is 72.5 Å². The third-order valence-corrected chi connectivity index (χ3v) is 4.65. The molecule has 1 saturated heterocycles. The van der Waals surface area contributed by atoms with Crippen LogP contribution < -0.4 is 0 Å². The van der Waals surface area contributed by atoms with E-state index in [1.807, 2.05) is 0 Å². The Labute approximate surface area is 128 Å². The van der Waals surface area contributed by atoms with Crippen molar-refractivity contribution >= 4 is 0 Å². The molecule has 0 saturated carbocycles. The van der Waals surface area contributed by atoms with Gasteiger partial charge in [-0.1, -0.05) is 74.0 Å². The van der Waals surface area contributed by atoms with Gasteiger partial charge in [-0.2, -0.15) is 0 Å². The van der Waals surface area contributed by atoms with E-state index >= 15 is 0 Å². The molecule has 3 rings (SSSR count). The van der Waals surface area contributed by atoms with Crippen molar-refractivity contribution in [3.8, 4) is 0 Å². The summed E-state index contributed by atoms with van der Waals surface area (Å²) in [6.07, 6.45) is 2.62. The largest absolute Gasteiger partial charge is 0.298 e. The van der Waals surface area contributed by atoms with E-state index in [-0.39, 0.29) is 0 Å². The lowest BCUT2D eigenvalue weighted by molar-refractivity contribution is 0.312. The van der Waals surface area contributed by atoms with Gasteiger partial charge in [0.15, 0.2) is 0 Å². The molecule has 0 bridgehead atoms. The number of benzene rings is 2. The maximum atomic E-state index is 2.63. The molecular formula is C20H25N. The predicted molar refractivity (Wildman–Crippen MR) is 89.3 cm³/mol. The highest BCUT2D eigenvalue weighted by Gasteiger charge is 2.32. The zero-order chi connectivity index (χ0) is 14.5. The number of likely N-dealkylation sites (tertiary alicyclic amines) is 1. The highest BCUT2D eigenvalue weighted by molar-refractivity contribution is 5.23. The molecule has 0 amide bonds. The third kappa shape index (κ3) is 3.54. The second-order valence-corrected chi connectivity index (χ2v) is 6.25. The van der Waals surface area contributed by atoms with Crippen molar-refractivity contribution in [2.24, 2.45) is 5.92 Å². The summed E-state index contributed by atoms with van der Waals surface area (Å²) in [7, 11) is 0. The Hall–Kier alpha value is -1.60. The predicted octanol–water partition coefficient (Wildman–Crippen LogP) is 4.70.